The van der Waals surface area contributed by atoms with Crippen molar-refractivity contribution in [2.75, 3.05) is 7.11 Å². The Labute approximate surface area is 121 Å². The fourth-order valence-corrected chi connectivity index (χ4v) is 2.34. The van der Waals surface area contributed by atoms with Gasteiger partial charge in [-0.05, 0) is 35.9 Å². The molecule has 5 heteroatoms. The van der Waals surface area contributed by atoms with Crippen molar-refractivity contribution in [1.82, 2.24) is 0 Å². The first-order chi connectivity index (χ1) is 10.0. The van der Waals surface area contributed by atoms with Crippen LogP contribution in [-0.4, -0.2) is 29.5 Å². The number of fused-ring (bicyclic) bond motifs is 1. The topological polar surface area (TPSA) is 68.1 Å². The molecular weight excluding hydrogens is 270 g/mol. The normalized spacial score (nSPS) is 21.0. The zero-order valence-corrected chi connectivity index (χ0v) is 11.8. The number of ether oxygens (including phenoxy) is 1. The van der Waals surface area contributed by atoms with Crippen molar-refractivity contribution < 1.29 is 19.5 Å². The Morgan fingerprint density at radius 1 is 1.29 bits per heavy atom. The first kappa shape index (κ1) is 13.4. The Morgan fingerprint density at radius 3 is 2.67 bits per heavy atom. The monoisotopic (exact) mass is 285 g/mol. The second kappa shape index (κ2) is 4.77. The Hall–Kier alpha value is -2.56. The van der Waals surface area contributed by atoms with Gasteiger partial charge < -0.3 is 14.7 Å². The van der Waals surface area contributed by atoms with Crippen LogP contribution in [0.5, 0.6) is 5.75 Å². The molecule has 1 N–H and O–H groups in total. The molecule has 3 rings (SSSR count). The third-order valence-electron chi connectivity index (χ3n) is 3.70. The van der Waals surface area contributed by atoms with Crippen molar-refractivity contribution in [3.8, 4) is 5.75 Å². The van der Waals surface area contributed by atoms with E-state index in [1.807, 2.05) is 36.4 Å². The van der Waals surface area contributed by atoms with Gasteiger partial charge in [0.1, 0.15) is 5.75 Å². The van der Waals surface area contributed by atoms with E-state index in [0.717, 1.165) is 22.1 Å². The lowest BCUT2D eigenvalue weighted by Crippen LogP contribution is -2.35. The van der Waals surface area contributed by atoms with E-state index in [-0.39, 0.29) is 6.42 Å². The van der Waals surface area contributed by atoms with Gasteiger partial charge in [-0.25, -0.2) is 4.79 Å². The highest BCUT2D eigenvalue weighted by Crippen LogP contribution is 2.29. The van der Waals surface area contributed by atoms with Crippen LogP contribution in [0.3, 0.4) is 0 Å². The van der Waals surface area contributed by atoms with Crippen LogP contribution in [0, 0.1) is 0 Å². The van der Waals surface area contributed by atoms with E-state index in [1.165, 1.54) is 6.92 Å². The smallest absolute Gasteiger partial charge is 0.351 e. The molecule has 1 unspecified atom stereocenters. The standard InChI is InChI=1S/C16H15NO4/c1-16(15(18)19)9-14(17-21-16)12-4-3-11-8-13(20-2)6-5-10(11)7-12/h3-8H,9H2,1-2H3,(H,18,19). The van der Waals surface area contributed by atoms with Gasteiger partial charge in [0.2, 0.25) is 5.60 Å². The molecule has 0 aromatic heterocycles. The van der Waals surface area contributed by atoms with Crippen molar-refractivity contribution in [3.05, 3.63) is 42.0 Å². The molecule has 2 aromatic rings. The molecule has 0 saturated carbocycles. The van der Waals surface area contributed by atoms with Crippen molar-refractivity contribution in [1.29, 1.82) is 0 Å². The maximum Gasteiger partial charge on any atom is 0.351 e. The highest BCUT2D eigenvalue weighted by Gasteiger charge is 2.42. The summed E-state index contributed by atoms with van der Waals surface area (Å²) in [6.45, 7) is 1.53. The fraction of sp³-hybridized carbons (Fsp3) is 0.250. The molecule has 5 nitrogen and oxygen atoms in total. The summed E-state index contributed by atoms with van der Waals surface area (Å²) < 4.78 is 5.20. The van der Waals surface area contributed by atoms with Gasteiger partial charge in [-0.15, -0.1) is 0 Å². The minimum Gasteiger partial charge on any atom is -0.497 e. The van der Waals surface area contributed by atoms with Gasteiger partial charge in [-0.1, -0.05) is 23.4 Å². The van der Waals surface area contributed by atoms with Gasteiger partial charge in [0.15, 0.2) is 0 Å². The number of aliphatic carboxylic acids is 1. The van der Waals surface area contributed by atoms with Crippen LogP contribution in [-0.2, 0) is 9.63 Å². The zero-order chi connectivity index (χ0) is 15.0. The Morgan fingerprint density at radius 2 is 2.00 bits per heavy atom. The molecule has 0 aliphatic carbocycles. The van der Waals surface area contributed by atoms with Crippen LogP contribution in [0.1, 0.15) is 18.9 Å². The van der Waals surface area contributed by atoms with E-state index in [2.05, 4.69) is 5.16 Å². The highest BCUT2D eigenvalue weighted by molar-refractivity contribution is 6.06. The molecule has 0 spiro atoms. The van der Waals surface area contributed by atoms with E-state index in [1.54, 1.807) is 7.11 Å². The first-order valence-electron chi connectivity index (χ1n) is 6.58. The molecule has 0 saturated heterocycles. The third-order valence-corrected chi connectivity index (χ3v) is 3.70. The molecule has 0 radical (unpaired) electrons. The van der Waals surface area contributed by atoms with Crippen molar-refractivity contribution in [3.63, 3.8) is 0 Å². The molecule has 21 heavy (non-hydrogen) atoms. The maximum atomic E-state index is 11.2. The molecule has 0 amide bonds. The summed E-state index contributed by atoms with van der Waals surface area (Å²) in [5.41, 5.74) is 0.250. The van der Waals surface area contributed by atoms with E-state index in [9.17, 15) is 4.79 Å². The van der Waals surface area contributed by atoms with E-state index >= 15 is 0 Å². The molecule has 1 heterocycles. The van der Waals surface area contributed by atoms with Gasteiger partial charge >= 0.3 is 5.97 Å². The summed E-state index contributed by atoms with van der Waals surface area (Å²) in [7, 11) is 1.63. The summed E-state index contributed by atoms with van der Waals surface area (Å²) in [5.74, 6) is -0.206. The van der Waals surface area contributed by atoms with Gasteiger partial charge in [0, 0.05) is 12.0 Å². The second-order valence-corrected chi connectivity index (χ2v) is 5.27. The van der Waals surface area contributed by atoms with Gasteiger partial charge in [-0.2, -0.15) is 0 Å². The van der Waals surface area contributed by atoms with Crippen LogP contribution in [0.15, 0.2) is 41.6 Å². The van der Waals surface area contributed by atoms with Crippen LogP contribution in [0.4, 0.5) is 0 Å². The van der Waals surface area contributed by atoms with Gasteiger partial charge in [-0.3, -0.25) is 0 Å². The van der Waals surface area contributed by atoms with Crippen LogP contribution < -0.4 is 4.74 Å². The minimum absolute atomic E-state index is 0.254. The lowest BCUT2D eigenvalue weighted by Gasteiger charge is -2.14. The molecular formula is C16H15NO4. The molecule has 2 aromatic carbocycles. The number of nitrogens with zero attached hydrogens (tertiary/aromatic N) is 1. The van der Waals surface area contributed by atoms with Crippen LogP contribution >= 0.6 is 0 Å². The van der Waals surface area contributed by atoms with E-state index in [0.29, 0.717) is 5.71 Å². The van der Waals surface area contributed by atoms with Gasteiger partial charge in [0.25, 0.3) is 0 Å². The zero-order valence-electron chi connectivity index (χ0n) is 11.8. The van der Waals surface area contributed by atoms with E-state index in [4.69, 9.17) is 14.7 Å². The predicted molar refractivity (Wildman–Crippen MR) is 78.8 cm³/mol. The molecule has 108 valence electrons. The van der Waals surface area contributed by atoms with Crippen molar-refractivity contribution >= 4 is 22.5 Å². The summed E-state index contributed by atoms with van der Waals surface area (Å²) >= 11 is 0. The second-order valence-electron chi connectivity index (χ2n) is 5.27. The van der Waals surface area contributed by atoms with Crippen molar-refractivity contribution in [2.45, 2.75) is 18.9 Å². The largest absolute Gasteiger partial charge is 0.497 e. The Bertz CT molecular complexity index is 753. The molecule has 0 fully saturated rings. The Balaban J connectivity index is 1.94. The summed E-state index contributed by atoms with van der Waals surface area (Å²) in [6, 6.07) is 11.7. The third kappa shape index (κ3) is 2.31. The van der Waals surface area contributed by atoms with Crippen molar-refractivity contribution in [2.24, 2.45) is 5.16 Å². The minimum atomic E-state index is -1.27. The number of hydrogen-bond donors (Lipinski definition) is 1. The number of carboxylic acids is 1. The Kier molecular flexibility index (Phi) is 3.05. The highest BCUT2D eigenvalue weighted by atomic mass is 16.7. The molecule has 1 atom stereocenters. The van der Waals surface area contributed by atoms with Gasteiger partial charge in [0.05, 0.1) is 12.8 Å². The fourth-order valence-electron chi connectivity index (χ4n) is 2.34. The summed E-state index contributed by atoms with van der Waals surface area (Å²) in [6.07, 6.45) is 0.254. The molecule has 0 bridgehead atoms. The predicted octanol–water partition coefficient (Wildman–Crippen LogP) is 2.82. The molecule has 1 aliphatic rings. The number of rotatable bonds is 3. The first-order valence-corrected chi connectivity index (χ1v) is 6.58. The van der Waals surface area contributed by atoms with Crippen LogP contribution in [0.25, 0.3) is 10.8 Å². The van der Waals surface area contributed by atoms with E-state index < -0.39 is 11.6 Å². The van der Waals surface area contributed by atoms with Crippen LogP contribution in [0.2, 0.25) is 0 Å². The maximum absolute atomic E-state index is 11.2. The summed E-state index contributed by atoms with van der Waals surface area (Å²) in [4.78, 5) is 16.3. The number of methoxy groups -OCH3 is 1. The summed E-state index contributed by atoms with van der Waals surface area (Å²) in [5, 5.41) is 15.2. The number of hydrogen-bond acceptors (Lipinski definition) is 4. The number of carboxylic acid groups (broad SMARTS) is 1. The quantitative estimate of drug-likeness (QED) is 0.941. The lowest BCUT2D eigenvalue weighted by atomic mass is 9.95. The lowest BCUT2D eigenvalue weighted by molar-refractivity contribution is -0.160. The SMILES string of the molecule is COc1ccc2cc(C3=NOC(C)(C(=O)O)C3)ccc2c1. The number of benzene rings is 2. The number of carbonyl (C=O) groups is 1. The number of oxime groups is 1. The average molecular weight is 285 g/mol. The molecule has 1 aliphatic heterocycles. The average Bonchev–Trinajstić information content (AvgIpc) is 2.90.